The molecule has 7 heteroatoms. The predicted octanol–water partition coefficient (Wildman–Crippen LogP) is 3.27. The molecule has 0 aliphatic rings. The number of pyridine rings is 1. The van der Waals surface area contributed by atoms with Crippen molar-refractivity contribution in [2.75, 3.05) is 17.9 Å². The van der Waals surface area contributed by atoms with Crippen molar-refractivity contribution >= 4 is 28.5 Å². The predicted molar refractivity (Wildman–Crippen MR) is 107 cm³/mol. The molecule has 0 aliphatic heterocycles. The van der Waals surface area contributed by atoms with Crippen LogP contribution in [-0.4, -0.2) is 34.5 Å². The molecule has 1 unspecified atom stereocenters. The number of hydrogen-bond acceptors (Lipinski definition) is 6. The van der Waals surface area contributed by atoms with E-state index < -0.39 is 12.8 Å². The Morgan fingerprint density at radius 2 is 1.89 bits per heavy atom. The lowest BCUT2D eigenvalue weighted by atomic mass is 10.2. The van der Waals surface area contributed by atoms with Crippen molar-refractivity contribution in [1.29, 1.82) is 0 Å². The third-order valence-electron chi connectivity index (χ3n) is 4.03. The van der Waals surface area contributed by atoms with Crippen LogP contribution in [0.5, 0.6) is 0 Å². The number of fused-ring (bicyclic) bond motifs is 1. The second kappa shape index (κ2) is 9.66. The topological polar surface area (TPSA) is 77.4 Å². The van der Waals surface area contributed by atoms with E-state index in [-0.39, 0.29) is 6.61 Å². The fourth-order valence-electron chi connectivity index (χ4n) is 2.56. The molecule has 1 aromatic heterocycles. The Labute approximate surface area is 161 Å². The number of aliphatic hydroxyl groups excluding tert-OH is 2. The Kier molecular flexibility index (Phi) is 7.00. The average Bonchev–Trinajstić information content (AvgIpc) is 2.72. The van der Waals surface area contributed by atoms with Gasteiger partial charge in [0, 0.05) is 23.4 Å². The van der Waals surface area contributed by atoms with Gasteiger partial charge in [0.2, 0.25) is 0 Å². The van der Waals surface area contributed by atoms with E-state index in [4.69, 9.17) is 10.1 Å². The maximum absolute atomic E-state index is 12.6. The molecule has 2 aromatic carbocycles. The number of hydrogen-bond donors (Lipinski definition) is 4. The maximum atomic E-state index is 12.6. The van der Waals surface area contributed by atoms with Crippen LogP contribution in [-0.2, 0) is 13.2 Å². The molecule has 4 N–H and O–H groups in total. The molecule has 0 spiro atoms. The number of nitrogens with one attached hydrogen (secondary N) is 2. The number of aliphatic hydroxyl groups is 2. The lowest BCUT2D eigenvalue weighted by molar-refractivity contribution is 0.0941. The summed E-state index contributed by atoms with van der Waals surface area (Å²) in [5.41, 5.74) is 3.26. The summed E-state index contributed by atoms with van der Waals surface area (Å²) in [6.45, 7) is 0.0769. The highest BCUT2D eigenvalue weighted by Crippen LogP contribution is 2.27. The number of halogens is 1. The Morgan fingerprint density at radius 3 is 2.63 bits per heavy atom. The van der Waals surface area contributed by atoms with E-state index in [1.165, 1.54) is 11.9 Å². The van der Waals surface area contributed by atoms with E-state index >= 15 is 0 Å². The zero-order valence-corrected chi connectivity index (χ0v) is 15.5. The van der Waals surface area contributed by atoms with Gasteiger partial charge >= 0.3 is 0 Å². The number of aromatic nitrogens is 1. The molecule has 1 heterocycles. The van der Waals surface area contributed by atoms with Crippen molar-refractivity contribution < 1.29 is 14.6 Å². The van der Waals surface area contributed by atoms with Crippen molar-refractivity contribution in [1.82, 2.24) is 10.3 Å². The van der Waals surface area contributed by atoms with E-state index in [9.17, 15) is 9.50 Å². The zero-order chi connectivity index (χ0) is 19.1. The van der Waals surface area contributed by atoms with Gasteiger partial charge in [0.1, 0.15) is 6.67 Å². The summed E-state index contributed by atoms with van der Waals surface area (Å²) in [4.78, 5) is 5.69. The summed E-state index contributed by atoms with van der Waals surface area (Å²) in [5.74, 6) is 0. The van der Waals surface area contributed by atoms with Gasteiger partial charge in [0.25, 0.3) is 0 Å². The highest BCUT2D eigenvalue weighted by Gasteiger charge is 2.06. The van der Waals surface area contributed by atoms with Crippen LogP contribution in [0.3, 0.4) is 0 Å². The Hall–Kier alpha value is -2.19. The highest BCUT2D eigenvalue weighted by atomic mass is 32.2. The van der Waals surface area contributed by atoms with Crippen LogP contribution in [0.1, 0.15) is 11.3 Å². The normalized spacial score (nSPS) is 12.3. The SMILES string of the molecule is OCC(O)CNCc1ccc2cccc(NSc3ccc(CF)cc3)c2n1. The minimum atomic E-state index is -0.775. The number of anilines is 1. The van der Waals surface area contributed by atoms with Crippen LogP contribution in [0.4, 0.5) is 10.1 Å². The number of benzene rings is 2. The highest BCUT2D eigenvalue weighted by molar-refractivity contribution is 8.00. The lowest BCUT2D eigenvalue weighted by Gasteiger charge is -2.11. The number of rotatable bonds is 9. The number of para-hydroxylation sites is 1. The molecule has 142 valence electrons. The van der Waals surface area contributed by atoms with Crippen molar-refractivity contribution in [3.05, 3.63) is 65.9 Å². The molecule has 1 atom stereocenters. The van der Waals surface area contributed by atoms with Gasteiger partial charge in [0.15, 0.2) is 0 Å². The molecule has 0 bridgehead atoms. The molecule has 0 radical (unpaired) electrons. The largest absolute Gasteiger partial charge is 0.394 e. The van der Waals surface area contributed by atoms with E-state index in [2.05, 4.69) is 10.0 Å². The minimum Gasteiger partial charge on any atom is -0.394 e. The fraction of sp³-hybridized carbons (Fsp3) is 0.250. The molecule has 0 saturated carbocycles. The van der Waals surface area contributed by atoms with Gasteiger partial charge in [-0.05, 0) is 41.8 Å². The first kappa shape index (κ1) is 19.6. The van der Waals surface area contributed by atoms with Crippen LogP contribution in [0.25, 0.3) is 10.9 Å². The first-order chi connectivity index (χ1) is 13.2. The van der Waals surface area contributed by atoms with Crippen LogP contribution in [0.2, 0.25) is 0 Å². The van der Waals surface area contributed by atoms with Crippen LogP contribution in [0.15, 0.2) is 59.5 Å². The van der Waals surface area contributed by atoms with E-state index in [0.717, 1.165) is 27.2 Å². The third-order valence-corrected chi connectivity index (χ3v) is 4.86. The third kappa shape index (κ3) is 5.40. The number of alkyl halides is 1. The summed E-state index contributed by atoms with van der Waals surface area (Å²) in [7, 11) is 0. The Morgan fingerprint density at radius 1 is 1.07 bits per heavy atom. The second-order valence-corrected chi connectivity index (χ2v) is 7.01. The van der Waals surface area contributed by atoms with Crippen molar-refractivity contribution in [2.45, 2.75) is 24.2 Å². The van der Waals surface area contributed by atoms with Crippen molar-refractivity contribution in [3.63, 3.8) is 0 Å². The molecule has 0 aliphatic carbocycles. The molecule has 0 fully saturated rings. The molecular formula is C20H22FN3O2S. The molecule has 3 aromatic rings. The maximum Gasteiger partial charge on any atom is 0.115 e. The summed E-state index contributed by atoms with van der Waals surface area (Å²) in [6, 6.07) is 17.2. The van der Waals surface area contributed by atoms with Gasteiger partial charge in [-0.1, -0.05) is 30.3 Å². The van der Waals surface area contributed by atoms with Crippen LogP contribution < -0.4 is 10.0 Å². The zero-order valence-electron chi connectivity index (χ0n) is 14.7. The summed E-state index contributed by atoms with van der Waals surface area (Å²) < 4.78 is 15.9. The van der Waals surface area contributed by atoms with E-state index in [1.54, 1.807) is 12.1 Å². The van der Waals surface area contributed by atoms with Gasteiger partial charge in [0.05, 0.1) is 29.6 Å². The van der Waals surface area contributed by atoms with Crippen molar-refractivity contribution in [2.24, 2.45) is 0 Å². The molecular weight excluding hydrogens is 365 g/mol. The summed E-state index contributed by atoms with van der Waals surface area (Å²) >= 11 is 1.45. The average molecular weight is 387 g/mol. The summed E-state index contributed by atoms with van der Waals surface area (Å²) in [5, 5.41) is 22.4. The van der Waals surface area contributed by atoms with Gasteiger partial charge in [-0.2, -0.15) is 0 Å². The smallest absolute Gasteiger partial charge is 0.115 e. The molecule has 0 amide bonds. The molecule has 5 nitrogen and oxygen atoms in total. The minimum absolute atomic E-state index is 0.268. The quantitative estimate of drug-likeness (QED) is 0.422. The monoisotopic (exact) mass is 387 g/mol. The van der Waals surface area contributed by atoms with Gasteiger partial charge in [-0.25, -0.2) is 9.37 Å². The standard InChI is InChI=1S/C20H22FN3O2S/c21-10-14-4-8-18(9-5-14)27-24-19-3-1-2-15-6-7-16(23-20(15)19)11-22-12-17(26)13-25/h1-9,17,22,24-26H,10-13H2. The van der Waals surface area contributed by atoms with Gasteiger partial charge in [-0.15, -0.1) is 0 Å². The summed E-state index contributed by atoms with van der Waals surface area (Å²) in [6.07, 6.45) is -0.775. The van der Waals surface area contributed by atoms with Gasteiger partial charge < -0.3 is 20.3 Å². The lowest BCUT2D eigenvalue weighted by Crippen LogP contribution is -2.29. The second-order valence-electron chi connectivity index (χ2n) is 6.13. The van der Waals surface area contributed by atoms with Gasteiger partial charge in [-0.3, -0.25) is 0 Å². The fourth-order valence-corrected chi connectivity index (χ4v) is 3.22. The van der Waals surface area contributed by atoms with Crippen LogP contribution in [0, 0.1) is 0 Å². The number of nitrogens with zero attached hydrogens (tertiary/aromatic N) is 1. The molecule has 0 saturated heterocycles. The Bertz CT molecular complexity index is 877. The van der Waals surface area contributed by atoms with Crippen molar-refractivity contribution in [3.8, 4) is 0 Å². The molecule has 27 heavy (non-hydrogen) atoms. The van der Waals surface area contributed by atoms with Crippen LogP contribution >= 0.6 is 11.9 Å². The first-order valence-electron chi connectivity index (χ1n) is 8.65. The first-order valence-corrected chi connectivity index (χ1v) is 9.47. The van der Waals surface area contributed by atoms with E-state index in [1.807, 2.05) is 42.5 Å². The van der Waals surface area contributed by atoms with E-state index in [0.29, 0.717) is 18.7 Å². The Balaban J connectivity index is 1.71. The molecule has 3 rings (SSSR count).